The molecule has 2 aliphatic rings. The number of carbonyl (C=O) groups excluding carboxylic acids is 1. The van der Waals surface area contributed by atoms with E-state index < -0.39 is 0 Å². The van der Waals surface area contributed by atoms with Gasteiger partial charge in [-0.2, -0.15) is 0 Å². The molecule has 19 heavy (non-hydrogen) atoms. The fourth-order valence-electron chi connectivity index (χ4n) is 3.56. The van der Waals surface area contributed by atoms with E-state index >= 15 is 0 Å². The van der Waals surface area contributed by atoms with E-state index in [4.69, 9.17) is 0 Å². The number of hydrogen-bond acceptors (Lipinski definition) is 1. The van der Waals surface area contributed by atoms with Gasteiger partial charge in [-0.3, -0.25) is 4.79 Å². The number of benzene rings is 1. The van der Waals surface area contributed by atoms with Crippen LogP contribution in [0.15, 0.2) is 41.6 Å². The number of hydrogen-bond donors (Lipinski definition) is 0. The van der Waals surface area contributed by atoms with Crippen LogP contribution in [-0.2, 0) is 11.2 Å². The number of amides is 1. The van der Waals surface area contributed by atoms with Gasteiger partial charge in [-0.15, -0.1) is 0 Å². The zero-order chi connectivity index (χ0) is 13.2. The summed E-state index contributed by atoms with van der Waals surface area (Å²) in [5.74, 6) is 0.848. The van der Waals surface area contributed by atoms with Gasteiger partial charge < -0.3 is 4.90 Å². The first-order valence-corrected chi connectivity index (χ1v) is 7.29. The summed E-state index contributed by atoms with van der Waals surface area (Å²) in [5.41, 5.74) is 4.22. The van der Waals surface area contributed by atoms with Gasteiger partial charge in [-0.1, -0.05) is 30.3 Å². The van der Waals surface area contributed by atoms with Crippen molar-refractivity contribution in [3.8, 4) is 0 Å². The largest absolute Gasteiger partial charge is 0.316 e. The summed E-state index contributed by atoms with van der Waals surface area (Å²) in [7, 11) is 0. The SMILES string of the molecule is CC(=O)N1CCC2CCCC(Cc3ccccc3)=C21. The number of fused-ring (bicyclic) bond motifs is 1. The first-order chi connectivity index (χ1) is 9.25. The van der Waals surface area contributed by atoms with Gasteiger partial charge in [-0.25, -0.2) is 0 Å². The lowest BCUT2D eigenvalue weighted by atomic mass is 9.84. The highest BCUT2D eigenvalue weighted by Gasteiger charge is 2.34. The van der Waals surface area contributed by atoms with E-state index in [-0.39, 0.29) is 5.91 Å². The maximum absolute atomic E-state index is 11.8. The van der Waals surface area contributed by atoms with E-state index in [0.29, 0.717) is 5.92 Å². The van der Waals surface area contributed by atoms with Crippen molar-refractivity contribution in [1.29, 1.82) is 0 Å². The van der Waals surface area contributed by atoms with Crippen LogP contribution in [0, 0.1) is 5.92 Å². The van der Waals surface area contributed by atoms with E-state index in [1.807, 2.05) is 4.90 Å². The molecule has 0 spiro atoms. The molecule has 0 radical (unpaired) electrons. The minimum absolute atomic E-state index is 0.213. The van der Waals surface area contributed by atoms with Crippen LogP contribution in [0.5, 0.6) is 0 Å². The Morgan fingerprint density at radius 2 is 2.05 bits per heavy atom. The summed E-state index contributed by atoms with van der Waals surface area (Å²) < 4.78 is 0. The third-order valence-corrected chi connectivity index (χ3v) is 4.41. The van der Waals surface area contributed by atoms with Gasteiger partial charge in [0.15, 0.2) is 0 Å². The van der Waals surface area contributed by atoms with Gasteiger partial charge in [-0.05, 0) is 43.2 Å². The topological polar surface area (TPSA) is 20.3 Å². The fourth-order valence-corrected chi connectivity index (χ4v) is 3.56. The van der Waals surface area contributed by atoms with Crippen LogP contribution in [0.4, 0.5) is 0 Å². The molecular formula is C17H21NO. The van der Waals surface area contributed by atoms with Crippen LogP contribution in [0.2, 0.25) is 0 Å². The molecule has 1 saturated heterocycles. The van der Waals surface area contributed by atoms with E-state index in [0.717, 1.165) is 25.8 Å². The van der Waals surface area contributed by atoms with Crippen molar-refractivity contribution in [3.63, 3.8) is 0 Å². The molecule has 1 aromatic carbocycles. The van der Waals surface area contributed by atoms with Crippen LogP contribution in [-0.4, -0.2) is 17.4 Å². The molecule has 2 heteroatoms. The molecule has 100 valence electrons. The lowest BCUT2D eigenvalue weighted by Crippen LogP contribution is -2.27. The zero-order valence-electron chi connectivity index (χ0n) is 11.6. The third-order valence-electron chi connectivity index (χ3n) is 4.41. The molecule has 0 saturated carbocycles. The Kier molecular flexibility index (Phi) is 3.41. The molecule has 1 aliphatic carbocycles. The number of nitrogens with zero attached hydrogens (tertiary/aromatic N) is 1. The van der Waals surface area contributed by atoms with Crippen molar-refractivity contribution in [2.24, 2.45) is 5.92 Å². The van der Waals surface area contributed by atoms with E-state index in [1.54, 1.807) is 6.92 Å². The standard InChI is InChI=1S/C17H21NO/c1-13(19)18-11-10-15-8-5-9-16(17(15)18)12-14-6-3-2-4-7-14/h2-4,6-7,15H,5,8-12H2,1H3. The first kappa shape index (κ1) is 12.5. The van der Waals surface area contributed by atoms with Crippen LogP contribution in [0.25, 0.3) is 0 Å². The van der Waals surface area contributed by atoms with Crippen LogP contribution in [0.3, 0.4) is 0 Å². The molecule has 0 aromatic heterocycles. The number of carbonyl (C=O) groups is 1. The average Bonchev–Trinajstić information content (AvgIpc) is 2.85. The molecule has 0 N–H and O–H groups in total. The molecule has 3 rings (SSSR count). The quantitative estimate of drug-likeness (QED) is 0.791. The molecule has 0 bridgehead atoms. The summed E-state index contributed by atoms with van der Waals surface area (Å²) in [6.45, 7) is 2.62. The van der Waals surface area contributed by atoms with Crippen molar-refractivity contribution < 1.29 is 4.79 Å². The Labute approximate surface area is 115 Å². The van der Waals surface area contributed by atoms with Gasteiger partial charge >= 0.3 is 0 Å². The van der Waals surface area contributed by atoms with Crippen molar-refractivity contribution in [2.75, 3.05) is 6.54 Å². The van der Waals surface area contributed by atoms with Gasteiger partial charge in [0.2, 0.25) is 5.91 Å². The van der Waals surface area contributed by atoms with Crippen molar-refractivity contribution in [1.82, 2.24) is 4.90 Å². The van der Waals surface area contributed by atoms with Crippen molar-refractivity contribution >= 4 is 5.91 Å². The molecule has 2 nitrogen and oxygen atoms in total. The Morgan fingerprint density at radius 3 is 2.79 bits per heavy atom. The predicted octanol–water partition coefficient (Wildman–Crippen LogP) is 3.54. The smallest absolute Gasteiger partial charge is 0.223 e. The highest BCUT2D eigenvalue weighted by Crippen LogP contribution is 2.40. The normalized spacial score (nSPS) is 22.6. The molecule has 1 fully saturated rings. The maximum Gasteiger partial charge on any atom is 0.223 e. The monoisotopic (exact) mass is 255 g/mol. The minimum Gasteiger partial charge on any atom is -0.316 e. The lowest BCUT2D eigenvalue weighted by molar-refractivity contribution is -0.126. The van der Waals surface area contributed by atoms with E-state index in [9.17, 15) is 4.79 Å². The Hall–Kier alpha value is -1.57. The fraction of sp³-hybridized carbons (Fsp3) is 0.471. The number of allylic oxidation sites excluding steroid dienone is 2. The van der Waals surface area contributed by atoms with Gasteiger partial charge in [0, 0.05) is 25.1 Å². The average molecular weight is 255 g/mol. The second-order valence-corrected chi connectivity index (χ2v) is 5.70. The maximum atomic E-state index is 11.8. The number of rotatable bonds is 2. The zero-order valence-corrected chi connectivity index (χ0v) is 11.6. The summed E-state index contributed by atoms with van der Waals surface area (Å²) in [4.78, 5) is 13.8. The lowest BCUT2D eigenvalue weighted by Gasteiger charge is -2.28. The minimum atomic E-state index is 0.213. The Bertz CT molecular complexity index is 503. The molecule has 1 atom stereocenters. The third kappa shape index (κ3) is 2.44. The second kappa shape index (κ2) is 5.20. The first-order valence-electron chi connectivity index (χ1n) is 7.29. The molecule has 1 aliphatic heterocycles. The summed E-state index contributed by atoms with van der Waals surface area (Å²) in [5, 5.41) is 0. The van der Waals surface area contributed by atoms with Gasteiger partial charge in [0.1, 0.15) is 0 Å². The van der Waals surface area contributed by atoms with Crippen LogP contribution >= 0.6 is 0 Å². The molecule has 1 unspecified atom stereocenters. The highest BCUT2D eigenvalue weighted by atomic mass is 16.2. The van der Waals surface area contributed by atoms with Gasteiger partial charge in [0.05, 0.1) is 0 Å². The van der Waals surface area contributed by atoms with Crippen LogP contribution in [0.1, 0.15) is 38.2 Å². The predicted molar refractivity (Wildman–Crippen MR) is 76.5 cm³/mol. The van der Waals surface area contributed by atoms with Gasteiger partial charge in [0.25, 0.3) is 0 Å². The second-order valence-electron chi connectivity index (χ2n) is 5.70. The summed E-state index contributed by atoms with van der Waals surface area (Å²) >= 11 is 0. The Morgan fingerprint density at radius 1 is 1.26 bits per heavy atom. The number of likely N-dealkylation sites (tertiary alicyclic amines) is 1. The molecule has 1 aromatic rings. The summed E-state index contributed by atoms with van der Waals surface area (Å²) in [6, 6.07) is 10.6. The highest BCUT2D eigenvalue weighted by molar-refractivity contribution is 5.76. The molecular weight excluding hydrogens is 234 g/mol. The van der Waals surface area contributed by atoms with E-state index in [2.05, 4.69) is 30.3 Å². The molecule has 1 amide bonds. The van der Waals surface area contributed by atoms with E-state index in [1.165, 1.54) is 29.7 Å². The van der Waals surface area contributed by atoms with Crippen molar-refractivity contribution in [3.05, 3.63) is 47.2 Å². The molecule has 1 heterocycles. The van der Waals surface area contributed by atoms with Crippen LogP contribution < -0.4 is 0 Å². The Balaban J connectivity index is 1.92. The van der Waals surface area contributed by atoms with Crippen molar-refractivity contribution in [2.45, 2.75) is 39.0 Å². The summed E-state index contributed by atoms with van der Waals surface area (Å²) in [6.07, 6.45) is 5.87.